The van der Waals surface area contributed by atoms with E-state index in [4.69, 9.17) is 51.1 Å². The second kappa shape index (κ2) is 8.25. The lowest BCUT2D eigenvalue weighted by atomic mass is 9.92. The highest BCUT2D eigenvalue weighted by Crippen LogP contribution is 2.32. The molecule has 6 heteroatoms. The Balaban J connectivity index is 2.24. The summed E-state index contributed by atoms with van der Waals surface area (Å²) in [7, 11) is 1.36. The molecule has 2 aromatic carbocycles. The van der Waals surface area contributed by atoms with Crippen LogP contribution in [0.3, 0.4) is 0 Å². The zero-order chi connectivity index (χ0) is 17.0. The van der Waals surface area contributed by atoms with Crippen LogP contribution >= 0.6 is 46.4 Å². The number of carbonyl (C=O) groups excluding carboxylic acids is 1. The van der Waals surface area contributed by atoms with Gasteiger partial charge in [0.1, 0.15) is 0 Å². The number of hydrogen-bond acceptors (Lipinski definition) is 2. The van der Waals surface area contributed by atoms with Crippen LogP contribution in [0.15, 0.2) is 36.4 Å². The van der Waals surface area contributed by atoms with Crippen molar-refractivity contribution in [2.75, 3.05) is 7.11 Å². The van der Waals surface area contributed by atoms with Crippen LogP contribution in [0.25, 0.3) is 0 Å². The van der Waals surface area contributed by atoms with Crippen molar-refractivity contribution in [3.05, 3.63) is 67.6 Å². The molecule has 0 aliphatic heterocycles. The number of carbonyl (C=O) groups is 1. The van der Waals surface area contributed by atoms with Crippen molar-refractivity contribution >= 4 is 52.4 Å². The van der Waals surface area contributed by atoms with Crippen molar-refractivity contribution in [3.63, 3.8) is 0 Å². The lowest BCUT2D eigenvalue weighted by Crippen LogP contribution is -2.15. The van der Waals surface area contributed by atoms with Gasteiger partial charge in [0, 0.05) is 20.1 Å². The maximum atomic E-state index is 12.1. The molecule has 1 unspecified atom stereocenters. The Bertz CT molecular complexity index is 716. The van der Waals surface area contributed by atoms with E-state index in [1.807, 2.05) is 6.07 Å². The van der Waals surface area contributed by atoms with Crippen molar-refractivity contribution in [1.82, 2.24) is 0 Å². The van der Waals surface area contributed by atoms with Crippen LogP contribution in [0, 0.1) is 0 Å². The Morgan fingerprint density at radius 2 is 1.61 bits per heavy atom. The molecule has 0 saturated heterocycles. The zero-order valence-corrected chi connectivity index (χ0v) is 15.3. The third-order valence-corrected chi connectivity index (χ3v) is 4.69. The maximum absolute atomic E-state index is 12.1. The zero-order valence-electron chi connectivity index (χ0n) is 12.3. The predicted molar refractivity (Wildman–Crippen MR) is 96.0 cm³/mol. The highest BCUT2D eigenvalue weighted by Gasteiger charge is 2.24. The van der Waals surface area contributed by atoms with Gasteiger partial charge in [0.15, 0.2) is 0 Å². The maximum Gasteiger partial charge on any atom is 0.313 e. The first-order valence-corrected chi connectivity index (χ1v) is 8.40. The van der Waals surface area contributed by atoms with Crippen LogP contribution in [0.5, 0.6) is 0 Å². The predicted octanol–water partition coefficient (Wildman–Crippen LogP) is 6.19. The molecule has 0 amide bonds. The van der Waals surface area contributed by atoms with Crippen molar-refractivity contribution in [2.45, 2.75) is 18.8 Å². The van der Waals surface area contributed by atoms with Gasteiger partial charge in [0.25, 0.3) is 0 Å². The Hall–Kier alpha value is -0.930. The molecule has 2 aromatic rings. The minimum Gasteiger partial charge on any atom is -0.469 e. The molecule has 0 heterocycles. The van der Waals surface area contributed by atoms with Crippen LogP contribution in [0.2, 0.25) is 20.1 Å². The summed E-state index contributed by atoms with van der Waals surface area (Å²) in [4.78, 5) is 12.1. The van der Waals surface area contributed by atoms with E-state index in [0.717, 1.165) is 5.56 Å². The van der Waals surface area contributed by atoms with E-state index in [0.29, 0.717) is 38.5 Å². The molecule has 0 aromatic heterocycles. The molecule has 1 atom stereocenters. The molecule has 0 bridgehead atoms. The van der Waals surface area contributed by atoms with Crippen molar-refractivity contribution in [3.8, 4) is 0 Å². The monoisotopic (exact) mass is 390 g/mol. The fraction of sp³-hybridized carbons (Fsp3) is 0.235. The molecule has 23 heavy (non-hydrogen) atoms. The van der Waals surface area contributed by atoms with Crippen LogP contribution in [-0.4, -0.2) is 13.1 Å². The molecule has 0 saturated carbocycles. The number of rotatable bonds is 5. The number of benzene rings is 2. The number of halogens is 4. The highest BCUT2D eigenvalue weighted by molar-refractivity contribution is 6.35. The number of esters is 1. The van der Waals surface area contributed by atoms with Gasteiger partial charge in [-0.1, -0.05) is 58.5 Å². The summed E-state index contributed by atoms with van der Waals surface area (Å²) >= 11 is 24.2. The second-order valence-corrected chi connectivity index (χ2v) is 6.70. The molecule has 0 spiro atoms. The lowest BCUT2D eigenvalue weighted by Gasteiger charge is -2.17. The molecule has 2 rings (SSSR count). The van der Waals surface area contributed by atoms with Crippen LogP contribution in [-0.2, 0) is 16.0 Å². The average molecular weight is 392 g/mol. The second-order valence-electron chi connectivity index (χ2n) is 5.02. The first-order valence-electron chi connectivity index (χ1n) is 6.89. The third kappa shape index (κ3) is 4.77. The number of ether oxygens (including phenoxy) is 1. The summed E-state index contributed by atoms with van der Waals surface area (Å²) in [5.41, 5.74) is 1.60. The summed E-state index contributed by atoms with van der Waals surface area (Å²) < 4.78 is 4.91. The van der Waals surface area contributed by atoms with E-state index in [-0.39, 0.29) is 5.97 Å². The molecule has 0 radical (unpaired) electrons. The van der Waals surface area contributed by atoms with Gasteiger partial charge in [-0.25, -0.2) is 0 Å². The van der Waals surface area contributed by atoms with Crippen LogP contribution in [0.4, 0.5) is 0 Å². The van der Waals surface area contributed by atoms with E-state index in [1.165, 1.54) is 7.11 Å². The van der Waals surface area contributed by atoms with E-state index in [1.54, 1.807) is 30.3 Å². The molecule has 2 nitrogen and oxygen atoms in total. The Labute approximate surface area is 155 Å². The van der Waals surface area contributed by atoms with Crippen molar-refractivity contribution in [2.24, 2.45) is 0 Å². The third-order valence-electron chi connectivity index (χ3n) is 3.54. The Morgan fingerprint density at radius 1 is 1.00 bits per heavy atom. The van der Waals surface area contributed by atoms with Gasteiger partial charge in [-0.15, -0.1) is 0 Å². The fourth-order valence-corrected chi connectivity index (χ4v) is 3.39. The van der Waals surface area contributed by atoms with Gasteiger partial charge in [-0.05, 0) is 48.2 Å². The Morgan fingerprint density at radius 3 is 2.17 bits per heavy atom. The summed E-state index contributed by atoms with van der Waals surface area (Å²) in [6.07, 6.45) is 1.10. The van der Waals surface area contributed by atoms with Gasteiger partial charge < -0.3 is 4.74 Å². The molecule has 0 aliphatic carbocycles. The van der Waals surface area contributed by atoms with E-state index in [2.05, 4.69) is 0 Å². The number of hydrogen-bond donors (Lipinski definition) is 0. The van der Waals surface area contributed by atoms with E-state index >= 15 is 0 Å². The van der Waals surface area contributed by atoms with Crippen molar-refractivity contribution < 1.29 is 9.53 Å². The van der Waals surface area contributed by atoms with Gasteiger partial charge in [0.2, 0.25) is 0 Å². The molecule has 0 fully saturated rings. The number of methoxy groups -OCH3 is 1. The topological polar surface area (TPSA) is 26.3 Å². The van der Waals surface area contributed by atoms with Crippen LogP contribution in [0.1, 0.15) is 23.5 Å². The first-order chi connectivity index (χ1) is 10.9. The highest BCUT2D eigenvalue weighted by atomic mass is 35.5. The van der Waals surface area contributed by atoms with E-state index in [9.17, 15) is 4.79 Å². The van der Waals surface area contributed by atoms with Gasteiger partial charge in [-0.2, -0.15) is 0 Å². The van der Waals surface area contributed by atoms with Gasteiger partial charge in [0.05, 0.1) is 13.0 Å². The molecular weight excluding hydrogens is 378 g/mol. The summed E-state index contributed by atoms with van der Waals surface area (Å²) in [6.45, 7) is 0. The largest absolute Gasteiger partial charge is 0.469 e. The quantitative estimate of drug-likeness (QED) is 0.568. The van der Waals surface area contributed by atoms with Crippen molar-refractivity contribution in [1.29, 1.82) is 0 Å². The summed E-state index contributed by atoms with van der Waals surface area (Å²) in [5, 5.41) is 2.10. The standard InChI is InChI=1S/C17H14Cl4O2/c1-23-17(22)14(13-7-5-12(19)9-16(13)21)6-3-10-2-4-11(18)8-15(10)20/h2,4-5,7-9,14H,3,6H2,1H3. The van der Waals surface area contributed by atoms with Gasteiger partial charge in [-0.3, -0.25) is 4.79 Å². The SMILES string of the molecule is COC(=O)C(CCc1ccc(Cl)cc1Cl)c1ccc(Cl)cc1Cl. The van der Waals surface area contributed by atoms with E-state index < -0.39 is 5.92 Å². The molecule has 0 N–H and O–H groups in total. The molecule has 0 aliphatic rings. The molecular formula is C17H14Cl4O2. The lowest BCUT2D eigenvalue weighted by molar-refractivity contribution is -0.142. The summed E-state index contributed by atoms with van der Waals surface area (Å²) in [6, 6.07) is 10.4. The number of aryl methyl sites for hydroxylation is 1. The minimum atomic E-state index is -0.489. The summed E-state index contributed by atoms with van der Waals surface area (Å²) in [5.74, 6) is -0.837. The van der Waals surface area contributed by atoms with Gasteiger partial charge >= 0.3 is 5.97 Å². The fourth-order valence-electron chi connectivity index (χ4n) is 2.35. The average Bonchev–Trinajstić information content (AvgIpc) is 2.50. The minimum absolute atomic E-state index is 0.348. The first kappa shape index (κ1) is 18.4. The van der Waals surface area contributed by atoms with Crippen LogP contribution < -0.4 is 0 Å². The molecule has 122 valence electrons. The Kier molecular flexibility index (Phi) is 6.60. The normalized spacial score (nSPS) is 12.0. The smallest absolute Gasteiger partial charge is 0.313 e.